The summed E-state index contributed by atoms with van der Waals surface area (Å²) in [6, 6.07) is 27.2. The molecule has 0 aliphatic carbocycles. The second kappa shape index (κ2) is 6.85. The molecule has 1 aliphatic rings. The maximum absolute atomic E-state index is 13.4. The summed E-state index contributed by atoms with van der Waals surface area (Å²) in [4.78, 5) is 13.4. The molecule has 3 heteroatoms. The van der Waals surface area contributed by atoms with Crippen LogP contribution in [0.25, 0.3) is 0 Å². The van der Waals surface area contributed by atoms with Gasteiger partial charge in [0, 0.05) is 11.1 Å². The predicted molar refractivity (Wildman–Crippen MR) is 98.9 cm³/mol. The molecule has 0 amide bonds. The summed E-state index contributed by atoms with van der Waals surface area (Å²) in [5.41, 5.74) is 3.42. The van der Waals surface area contributed by atoms with Crippen molar-refractivity contribution in [3.63, 3.8) is 0 Å². The van der Waals surface area contributed by atoms with E-state index in [0.717, 1.165) is 22.3 Å². The number of carbonyl (C=O) groups excluding carboxylic acids is 1. The van der Waals surface area contributed by atoms with E-state index in [0.29, 0.717) is 5.75 Å². The van der Waals surface area contributed by atoms with Crippen molar-refractivity contribution in [3.05, 3.63) is 101 Å². The van der Waals surface area contributed by atoms with Crippen LogP contribution < -0.4 is 4.74 Å². The second-order valence-corrected chi connectivity index (χ2v) is 6.33. The minimum Gasteiger partial charge on any atom is -0.477 e. The first-order valence-corrected chi connectivity index (χ1v) is 8.58. The van der Waals surface area contributed by atoms with Crippen molar-refractivity contribution in [3.8, 4) is 11.8 Å². The van der Waals surface area contributed by atoms with Gasteiger partial charge in [-0.3, -0.25) is 4.79 Å². The lowest BCUT2D eigenvalue weighted by molar-refractivity contribution is -0.128. The van der Waals surface area contributed by atoms with Crippen LogP contribution in [0.4, 0.5) is 0 Å². The Bertz CT molecular complexity index is 974. The Morgan fingerprint density at radius 1 is 0.846 bits per heavy atom. The Kier molecular flexibility index (Phi) is 4.25. The van der Waals surface area contributed by atoms with Crippen molar-refractivity contribution in [2.24, 2.45) is 0 Å². The number of benzene rings is 3. The molecule has 1 aliphatic heterocycles. The number of fused-ring (bicyclic) bond motifs is 1. The van der Waals surface area contributed by atoms with E-state index in [1.54, 1.807) is 0 Å². The first kappa shape index (κ1) is 16.1. The van der Waals surface area contributed by atoms with Crippen molar-refractivity contribution < 1.29 is 9.53 Å². The van der Waals surface area contributed by atoms with Crippen molar-refractivity contribution in [2.75, 3.05) is 0 Å². The van der Waals surface area contributed by atoms with E-state index in [2.05, 4.69) is 6.07 Å². The van der Waals surface area contributed by atoms with E-state index in [1.165, 1.54) is 0 Å². The van der Waals surface area contributed by atoms with Gasteiger partial charge in [0.15, 0.2) is 11.9 Å². The van der Waals surface area contributed by atoms with Gasteiger partial charge in [-0.25, -0.2) is 0 Å². The maximum atomic E-state index is 13.4. The highest BCUT2D eigenvalue weighted by atomic mass is 16.5. The van der Waals surface area contributed by atoms with Crippen LogP contribution in [0.3, 0.4) is 0 Å². The van der Waals surface area contributed by atoms with E-state index in [9.17, 15) is 4.79 Å². The Morgan fingerprint density at radius 2 is 1.50 bits per heavy atom. The summed E-state index contributed by atoms with van der Waals surface area (Å²) in [5, 5.41) is 9.17. The minimum atomic E-state index is -0.672. The first-order valence-electron chi connectivity index (χ1n) is 8.58. The molecule has 126 valence electrons. The van der Waals surface area contributed by atoms with Crippen LogP contribution >= 0.6 is 0 Å². The molecule has 0 saturated heterocycles. The van der Waals surface area contributed by atoms with Crippen LogP contribution in [0.5, 0.6) is 5.75 Å². The van der Waals surface area contributed by atoms with Gasteiger partial charge in [-0.1, -0.05) is 78.9 Å². The zero-order valence-electron chi connectivity index (χ0n) is 14.1. The molecule has 0 radical (unpaired) electrons. The SMILES string of the molecule is N#CCc1cccc2c1OC(c1ccccc1)C(=O)C2c1ccccc1. The molecule has 0 saturated carbocycles. The molecule has 4 rings (SSSR count). The second-order valence-electron chi connectivity index (χ2n) is 6.33. The van der Waals surface area contributed by atoms with Gasteiger partial charge >= 0.3 is 0 Å². The number of rotatable bonds is 3. The molecule has 0 bridgehead atoms. The standard InChI is InChI=1S/C23H17NO2/c24-15-14-18-12-7-13-19-20(16-8-3-1-4-9-16)21(25)23(26-22(18)19)17-10-5-2-6-11-17/h1-13,20,23H,14H2. The fourth-order valence-corrected chi connectivity index (χ4v) is 3.53. The molecule has 2 unspecified atom stereocenters. The largest absolute Gasteiger partial charge is 0.477 e. The Morgan fingerprint density at radius 3 is 2.15 bits per heavy atom. The molecule has 0 N–H and O–H groups in total. The summed E-state index contributed by atoms with van der Waals surface area (Å²) in [5.74, 6) is 0.282. The van der Waals surface area contributed by atoms with E-state index >= 15 is 0 Å². The molecule has 0 spiro atoms. The maximum Gasteiger partial charge on any atom is 0.189 e. The Balaban J connectivity index is 1.90. The van der Waals surface area contributed by atoms with Gasteiger partial charge in [-0.2, -0.15) is 5.26 Å². The molecule has 0 aromatic heterocycles. The van der Waals surface area contributed by atoms with Gasteiger partial charge in [0.25, 0.3) is 0 Å². The van der Waals surface area contributed by atoms with Gasteiger partial charge < -0.3 is 4.74 Å². The molecular weight excluding hydrogens is 322 g/mol. The van der Waals surface area contributed by atoms with Crippen LogP contribution in [-0.2, 0) is 11.2 Å². The van der Waals surface area contributed by atoms with E-state index in [1.807, 2.05) is 78.9 Å². The van der Waals surface area contributed by atoms with E-state index < -0.39 is 12.0 Å². The molecule has 3 aromatic carbocycles. The third-order valence-corrected chi connectivity index (χ3v) is 4.72. The number of hydrogen-bond acceptors (Lipinski definition) is 3. The summed E-state index contributed by atoms with van der Waals surface area (Å²) in [7, 11) is 0. The topological polar surface area (TPSA) is 50.1 Å². The number of nitrogens with zero attached hydrogens (tertiary/aromatic N) is 1. The lowest BCUT2D eigenvalue weighted by Crippen LogP contribution is -2.31. The van der Waals surface area contributed by atoms with Gasteiger partial charge in [0.1, 0.15) is 5.75 Å². The predicted octanol–water partition coefficient (Wildman–Crippen LogP) is 4.59. The molecular formula is C23H17NO2. The number of para-hydroxylation sites is 1. The molecule has 2 atom stereocenters. The number of hydrogen-bond donors (Lipinski definition) is 0. The zero-order chi connectivity index (χ0) is 17.9. The third kappa shape index (κ3) is 2.76. The van der Waals surface area contributed by atoms with Crippen LogP contribution in [-0.4, -0.2) is 5.78 Å². The zero-order valence-corrected chi connectivity index (χ0v) is 14.1. The fraction of sp³-hybridized carbons (Fsp3) is 0.130. The van der Waals surface area contributed by atoms with E-state index in [-0.39, 0.29) is 12.2 Å². The summed E-state index contributed by atoms with van der Waals surface area (Å²) >= 11 is 0. The normalized spacial score (nSPS) is 18.5. The number of nitriles is 1. The van der Waals surface area contributed by atoms with Crippen LogP contribution in [0.1, 0.15) is 34.3 Å². The summed E-state index contributed by atoms with van der Waals surface area (Å²) in [6.45, 7) is 0. The van der Waals surface area contributed by atoms with E-state index in [4.69, 9.17) is 10.00 Å². The first-order chi connectivity index (χ1) is 12.8. The van der Waals surface area contributed by atoms with Crippen molar-refractivity contribution in [1.82, 2.24) is 0 Å². The molecule has 3 nitrogen and oxygen atoms in total. The van der Waals surface area contributed by atoms with Crippen molar-refractivity contribution in [2.45, 2.75) is 18.4 Å². The monoisotopic (exact) mass is 339 g/mol. The number of ketones is 1. The summed E-state index contributed by atoms with van der Waals surface area (Å²) < 4.78 is 6.17. The number of Topliss-reactive ketones (excluding diaryl/α,β-unsaturated/α-hetero) is 1. The van der Waals surface area contributed by atoms with Gasteiger partial charge in [-0.15, -0.1) is 0 Å². The molecule has 0 fully saturated rings. The van der Waals surface area contributed by atoms with Crippen LogP contribution in [0, 0.1) is 11.3 Å². The Hall–Kier alpha value is -3.38. The number of ether oxygens (including phenoxy) is 1. The average Bonchev–Trinajstić information content (AvgIpc) is 2.69. The minimum absolute atomic E-state index is 0.0176. The lowest BCUT2D eigenvalue weighted by atomic mass is 9.80. The smallest absolute Gasteiger partial charge is 0.189 e. The summed E-state index contributed by atoms with van der Waals surface area (Å²) in [6.07, 6.45) is -0.422. The fourth-order valence-electron chi connectivity index (χ4n) is 3.53. The number of carbonyl (C=O) groups is 1. The molecule has 1 heterocycles. The lowest BCUT2D eigenvalue weighted by Gasteiger charge is -2.32. The van der Waals surface area contributed by atoms with Crippen molar-refractivity contribution >= 4 is 5.78 Å². The van der Waals surface area contributed by atoms with Crippen LogP contribution in [0.2, 0.25) is 0 Å². The van der Waals surface area contributed by atoms with Crippen molar-refractivity contribution in [1.29, 1.82) is 5.26 Å². The highest BCUT2D eigenvalue weighted by Crippen LogP contribution is 2.44. The molecule has 26 heavy (non-hydrogen) atoms. The highest BCUT2D eigenvalue weighted by molar-refractivity contribution is 5.96. The van der Waals surface area contributed by atoms with Crippen LogP contribution in [0.15, 0.2) is 78.9 Å². The quantitative estimate of drug-likeness (QED) is 0.701. The average molecular weight is 339 g/mol. The van der Waals surface area contributed by atoms with Gasteiger partial charge in [-0.05, 0) is 11.1 Å². The third-order valence-electron chi connectivity index (χ3n) is 4.72. The van der Waals surface area contributed by atoms with Gasteiger partial charge in [0.05, 0.1) is 18.4 Å². The van der Waals surface area contributed by atoms with Gasteiger partial charge in [0.2, 0.25) is 0 Å². The Labute approximate surface area is 152 Å². The molecule has 3 aromatic rings. The highest BCUT2D eigenvalue weighted by Gasteiger charge is 2.39.